The van der Waals surface area contributed by atoms with E-state index in [2.05, 4.69) is 5.32 Å². The number of amides is 1. The standard InChI is InChI=1S/C20H19F4NOS/c21-15-6-8-16(9-7-15)27-11-1-10-25-19(26)18-12-17(18)13-2-4-14(5-3-13)20(22,23)24/h2-9,17-18H,1,10-12H2,(H,25,26). The number of halogens is 4. The number of nitrogens with one attached hydrogen (secondary N) is 1. The number of carbonyl (C=O) groups is 1. The fourth-order valence-corrected chi connectivity index (χ4v) is 3.76. The van der Waals surface area contributed by atoms with Gasteiger partial charge in [0.1, 0.15) is 5.82 Å². The number of benzene rings is 2. The molecule has 1 N–H and O–H groups in total. The van der Waals surface area contributed by atoms with E-state index in [1.807, 2.05) is 0 Å². The summed E-state index contributed by atoms with van der Waals surface area (Å²) in [6.45, 7) is 0.545. The molecule has 0 radical (unpaired) electrons. The Hall–Kier alpha value is -2.02. The van der Waals surface area contributed by atoms with Crippen molar-refractivity contribution in [2.45, 2.75) is 29.8 Å². The van der Waals surface area contributed by atoms with Crippen molar-refractivity contribution in [3.63, 3.8) is 0 Å². The lowest BCUT2D eigenvalue weighted by atomic mass is 10.1. The Balaban J connectivity index is 1.37. The Morgan fingerprint density at radius 2 is 1.74 bits per heavy atom. The molecule has 2 atom stereocenters. The van der Waals surface area contributed by atoms with Crippen molar-refractivity contribution in [2.24, 2.45) is 5.92 Å². The van der Waals surface area contributed by atoms with Crippen molar-refractivity contribution in [2.75, 3.05) is 12.3 Å². The van der Waals surface area contributed by atoms with Crippen molar-refractivity contribution in [1.82, 2.24) is 5.32 Å². The summed E-state index contributed by atoms with van der Waals surface area (Å²) in [5.74, 6) is 0.330. The Labute approximate surface area is 159 Å². The second-order valence-electron chi connectivity index (χ2n) is 6.52. The summed E-state index contributed by atoms with van der Waals surface area (Å²) in [6, 6.07) is 11.3. The fraction of sp³-hybridized carbons (Fsp3) is 0.350. The molecule has 1 amide bonds. The van der Waals surface area contributed by atoms with Crippen LogP contribution in [0.1, 0.15) is 29.9 Å². The first-order valence-electron chi connectivity index (χ1n) is 8.68. The van der Waals surface area contributed by atoms with E-state index in [0.717, 1.165) is 34.8 Å². The van der Waals surface area contributed by atoms with E-state index in [-0.39, 0.29) is 23.6 Å². The van der Waals surface area contributed by atoms with E-state index >= 15 is 0 Å². The van der Waals surface area contributed by atoms with Gasteiger partial charge in [-0.15, -0.1) is 11.8 Å². The van der Waals surface area contributed by atoms with Gasteiger partial charge in [-0.05, 0) is 66.5 Å². The molecule has 2 nitrogen and oxygen atoms in total. The van der Waals surface area contributed by atoms with Crippen molar-refractivity contribution in [3.05, 3.63) is 65.5 Å². The van der Waals surface area contributed by atoms with Crippen LogP contribution < -0.4 is 5.32 Å². The van der Waals surface area contributed by atoms with Crippen LogP contribution in [0.25, 0.3) is 0 Å². The second-order valence-corrected chi connectivity index (χ2v) is 7.68. The zero-order valence-electron chi connectivity index (χ0n) is 14.4. The molecule has 144 valence electrons. The van der Waals surface area contributed by atoms with Gasteiger partial charge in [0.2, 0.25) is 5.91 Å². The predicted octanol–water partition coefficient (Wildman–Crippen LogP) is 5.25. The van der Waals surface area contributed by atoms with Crippen molar-refractivity contribution < 1.29 is 22.4 Å². The Bertz CT molecular complexity index is 774. The first-order chi connectivity index (χ1) is 12.8. The average Bonchev–Trinajstić information content (AvgIpc) is 3.43. The summed E-state index contributed by atoms with van der Waals surface area (Å²) in [5.41, 5.74) is 0.0987. The van der Waals surface area contributed by atoms with Gasteiger partial charge in [0.25, 0.3) is 0 Å². The minimum Gasteiger partial charge on any atom is -0.356 e. The molecule has 1 aliphatic rings. The summed E-state index contributed by atoms with van der Waals surface area (Å²) >= 11 is 1.60. The molecule has 0 heterocycles. The summed E-state index contributed by atoms with van der Waals surface area (Å²) in [5, 5.41) is 2.88. The van der Waals surface area contributed by atoms with Crippen molar-refractivity contribution >= 4 is 17.7 Å². The highest BCUT2D eigenvalue weighted by molar-refractivity contribution is 7.99. The van der Waals surface area contributed by atoms with Gasteiger partial charge in [0.15, 0.2) is 0 Å². The molecular formula is C20H19F4NOS. The lowest BCUT2D eigenvalue weighted by molar-refractivity contribution is -0.137. The maximum Gasteiger partial charge on any atom is 0.416 e. The molecule has 27 heavy (non-hydrogen) atoms. The molecule has 2 aromatic carbocycles. The molecule has 1 aliphatic carbocycles. The van der Waals surface area contributed by atoms with E-state index in [9.17, 15) is 22.4 Å². The van der Waals surface area contributed by atoms with E-state index in [4.69, 9.17) is 0 Å². The SMILES string of the molecule is O=C(NCCCSc1ccc(F)cc1)C1CC1c1ccc(C(F)(F)F)cc1. The van der Waals surface area contributed by atoms with Crippen LogP contribution in [0.4, 0.5) is 17.6 Å². The zero-order chi connectivity index (χ0) is 19.4. The highest BCUT2D eigenvalue weighted by atomic mass is 32.2. The van der Waals surface area contributed by atoms with Gasteiger partial charge in [0, 0.05) is 17.4 Å². The predicted molar refractivity (Wildman–Crippen MR) is 97.0 cm³/mol. The smallest absolute Gasteiger partial charge is 0.356 e. The molecule has 1 saturated carbocycles. The molecule has 0 saturated heterocycles. The number of carbonyl (C=O) groups excluding carboxylic acids is 1. The molecule has 3 rings (SSSR count). The lowest BCUT2D eigenvalue weighted by Crippen LogP contribution is -2.26. The molecule has 0 aliphatic heterocycles. The number of hydrogen-bond donors (Lipinski definition) is 1. The van der Waals surface area contributed by atoms with Crippen LogP contribution in [-0.2, 0) is 11.0 Å². The third-order valence-electron chi connectivity index (χ3n) is 4.50. The molecule has 7 heteroatoms. The zero-order valence-corrected chi connectivity index (χ0v) is 15.2. The van der Waals surface area contributed by atoms with E-state index in [0.29, 0.717) is 13.0 Å². The highest BCUT2D eigenvalue weighted by Gasteiger charge is 2.44. The van der Waals surface area contributed by atoms with Gasteiger partial charge in [-0.3, -0.25) is 4.79 Å². The largest absolute Gasteiger partial charge is 0.416 e. The third-order valence-corrected chi connectivity index (χ3v) is 5.59. The summed E-state index contributed by atoms with van der Waals surface area (Å²) in [4.78, 5) is 13.1. The number of alkyl halides is 3. The van der Waals surface area contributed by atoms with Crippen LogP contribution in [0, 0.1) is 11.7 Å². The van der Waals surface area contributed by atoms with Crippen LogP contribution in [0.3, 0.4) is 0 Å². The van der Waals surface area contributed by atoms with Crippen LogP contribution in [0.5, 0.6) is 0 Å². The van der Waals surface area contributed by atoms with Crippen molar-refractivity contribution in [3.8, 4) is 0 Å². The van der Waals surface area contributed by atoms with Crippen LogP contribution in [0.2, 0.25) is 0 Å². The summed E-state index contributed by atoms with van der Waals surface area (Å²) in [7, 11) is 0. The average molecular weight is 397 g/mol. The Kier molecular flexibility index (Phi) is 6.09. The van der Waals surface area contributed by atoms with Gasteiger partial charge >= 0.3 is 6.18 Å². The minimum atomic E-state index is -4.34. The summed E-state index contributed by atoms with van der Waals surface area (Å²) in [6.07, 6.45) is -2.89. The van der Waals surface area contributed by atoms with Crippen LogP contribution >= 0.6 is 11.8 Å². The van der Waals surface area contributed by atoms with Gasteiger partial charge in [0.05, 0.1) is 5.56 Å². The second kappa shape index (κ2) is 8.33. The van der Waals surface area contributed by atoms with Crippen LogP contribution in [0.15, 0.2) is 53.4 Å². The number of rotatable bonds is 7. The van der Waals surface area contributed by atoms with E-state index in [1.165, 1.54) is 24.3 Å². The van der Waals surface area contributed by atoms with Crippen LogP contribution in [-0.4, -0.2) is 18.2 Å². The summed E-state index contributed by atoms with van der Waals surface area (Å²) < 4.78 is 50.6. The molecule has 2 aromatic rings. The first-order valence-corrected chi connectivity index (χ1v) is 9.66. The molecule has 0 bridgehead atoms. The van der Waals surface area contributed by atoms with Crippen molar-refractivity contribution in [1.29, 1.82) is 0 Å². The van der Waals surface area contributed by atoms with Gasteiger partial charge in [-0.25, -0.2) is 4.39 Å². The molecule has 0 aromatic heterocycles. The van der Waals surface area contributed by atoms with Gasteiger partial charge in [-0.1, -0.05) is 12.1 Å². The third kappa shape index (κ3) is 5.48. The number of thioether (sulfide) groups is 1. The monoisotopic (exact) mass is 397 g/mol. The minimum absolute atomic E-state index is 0.000809. The maximum absolute atomic E-state index is 12.8. The highest BCUT2D eigenvalue weighted by Crippen LogP contribution is 2.47. The maximum atomic E-state index is 12.8. The van der Waals surface area contributed by atoms with E-state index in [1.54, 1.807) is 23.9 Å². The molecular weight excluding hydrogens is 378 g/mol. The Morgan fingerprint density at radius 3 is 2.37 bits per heavy atom. The number of hydrogen-bond acceptors (Lipinski definition) is 2. The quantitative estimate of drug-likeness (QED) is 0.393. The molecule has 2 unspecified atom stereocenters. The van der Waals surface area contributed by atoms with Gasteiger partial charge < -0.3 is 5.32 Å². The normalized spacial score (nSPS) is 19.0. The van der Waals surface area contributed by atoms with E-state index < -0.39 is 11.7 Å². The first kappa shape index (κ1) is 19.7. The lowest BCUT2D eigenvalue weighted by Gasteiger charge is -2.08. The fourth-order valence-electron chi connectivity index (χ4n) is 2.91. The topological polar surface area (TPSA) is 29.1 Å². The van der Waals surface area contributed by atoms with Gasteiger partial charge in [-0.2, -0.15) is 13.2 Å². The molecule has 1 fully saturated rings. The Morgan fingerprint density at radius 1 is 1.07 bits per heavy atom. The molecule has 0 spiro atoms.